The molecule has 19 heavy (non-hydrogen) atoms. The third kappa shape index (κ3) is 2.45. The molecular weight excluding hydrogens is 240 g/mol. The lowest BCUT2D eigenvalue weighted by molar-refractivity contribution is 0.565. The van der Waals surface area contributed by atoms with E-state index in [1.165, 1.54) is 0 Å². The lowest BCUT2D eigenvalue weighted by Gasteiger charge is -2.11. The van der Waals surface area contributed by atoms with Crippen molar-refractivity contribution in [2.75, 3.05) is 0 Å². The van der Waals surface area contributed by atoms with Crippen LogP contribution in [0.5, 0.6) is 0 Å². The summed E-state index contributed by atoms with van der Waals surface area (Å²) in [5.41, 5.74) is 1.90. The van der Waals surface area contributed by atoms with Gasteiger partial charge in [0.2, 0.25) is 5.82 Å². The fourth-order valence-electron chi connectivity index (χ4n) is 2.05. The minimum Gasteiger partial charge on any atom is -0.308 e. The summed E-state index contributed by atoms with van der Waals surface area (Å²) in [6.07, 6.45) is 5.05. The third-order valence-corrected chi connectivity index (χ3v) is 3.17. The Morgan fingerprint density at radius 2 is 2.00 bits per heavy atom. The van der Waals surface area contributed by atoms with Gasteiger partial charge in [0.05, 0.1) is 5.69 Å². The van der Waals surface area contributed by atoms with Gasteiger partial charge in [-0.3, -0.25) is 4.79 Å². The molecule has 2 aromatic rings. The molecule has 5 heteroatoms. The molecule has 102 valence electrons. The van der Waals surface area contributed by atoms with Crippen molar-refractivity contribution in [1.29, 1.82) is 0 Å². The Labute approximate surface area is 112 Å². The van der Waals surface area contributed by atoms with Crippen molar-refractivity contribution in [3.63, 3.8) is 0 Å². The van der Waals surface area contributed by atoms with E-state index in [4.69, 9.17) is 0 Å². The van der Waals surface area contributed by atoms with Gasteiger partial charge in [0.15, 0.2) is 0 Å². The second-order valence-corrected chi connectivity index (χ2v) is 4.80. The minimum atomic E-state index is -0.0991. The van der Waals surface area contributed by atoms with E-state index >= 15 is 0 Å². The fraction of sp³-hybridized carbons (Fsp3) is 0.500. The topological polar surface area (TPSA) is 52.7 Å². The zero-order valence-electron chi connectivity index (χ0n) is 11.9. The molecule has 0 radical (unpaired) electrons. The Kier molecular flexibility index (Phi) is 3.83. The first-order valence-electron chi connectivity index (χ1n) is 6.73. The predicted molar refractivity (Wildman–Crippen MR) is 74.8 cm³/mol. The van der Waals surface area contributed by atoms with E-state index in [1.54, 1.807) is 21.6 Å². The quantitative estimate of drug-likeness (QED) is 0.846. The summed E-state index contributed by atoms with van der Waals surface area (Å²) in [5.74, 6) is 0.382. The summed E-state index contributed by atoms with van der Waals surface area (Å²) in [5, 5.41) is 4.47. The SMILES string of the molecule is CCc1cc(CC)n(-c2nccn(C(C)C)c2=O)n1. The second kappa shape index (κ2) is 5.38. The van der Waals surface area contributed by atoms with Crippen molar-refractivity contribution in [1.82, 2.24) is 19.3 Å². The first kappa shape index (κ1) is 13.5. The van der Waals surface area contributed by atoms with E-state index in [-0.39, 0.29) is 11.6 Å². The molecule has 0 fully saturated rings. The lowest BCUT2D eigenvalue weighted by atomic mass is 10.2. The van der Waals surface area contributed by atoms with Crippen molar-refractivity contribution < 1.29 is 0 Å². The average Bonchev–Trinajstić information content (AvgIpc) is 2.81. The monoisotopic (exact) mass is 260 g/mol. The van der Waals surface area contributed by atoms with Gasteiger partial charge < -0.3 is 4.57 Å². The highest BCUT2D eigenvalue weighted by atomic mass is 16.1. The second-order valence-electron chi connectivity index (χ2n) is 4.80. The van der Waals surface area contributed by atoms with Gasteiger partial charge in [-0.1, -0.05) is 13.8 Å². The molecule has 2 heterocycles. The maximum atomic E-state index is 12.4. The number of aromatic nitrogens is 4. The van der Waals surface area contributed by atoms with E-state index < -0.39 is 0 Å². The summed E-state index contributed by atoms with van der Waals surface area (Å²) in [6.45, 7) is 8.06. The molecule has 2 aromatic heterocycles. The van der Waals surface area contributed by atoms with Crippen LogP contribution >= 0.6 is 0 Å². The molecule has 5 nitrogen and oxygen atoms in total. The van der Waals surface area contributed by atoms with E-state index in [9.17, 15) is 4.79 Å². The molecule has 0 amide bonds. The summed E-state index contributed by atoms with van der Waals surface area (Å²) < 4.78 is 3.36. The highest BCUT2D eigenvalue weighted by Gasteiger charge is 2.14. The highest BCUT2D eigenvalue weighted by Crippen LogP contribution is 2.10. The van der Waals surface area contributed by atoms with Crippen LogP contribution in [0.15, 0.2) is 23.3 Å². The normalized spacial score (nSPS) is 11.2. The van der Waals surface area contributed by atoms with E-state index in [1.807, 2.05) is 19.9 Å². The molecule has 0 saturated heterocycles. The van der Waals surface area contributed by atoms with Crippen molar-refractivity contribution in [3.8, 4) is 5.82 Å². The third-order valence-electron chi connectivity index (χ3n) is 3.17. The lowest BCUT2D eigenvalue weighted by Crippen LogP contribution is -2.27. The minimum absolute atomic E-state index is 0.0991. The van der Waals surface area contributed by atoms with E-state index in [0.717, 1.165) is 24.2 Å². The zero-order chi connectivity index (χ0) is 14.0. The first-order valence-corrected chi connectivity index (χ1v) is 6.73. The van der Waals surface area contributed by atoms with Crippen molar-refractivity contribution in [2.45, 2.75) is 46.6 Å². The van der Waals surface area contributed by atoms with Gasteiger partial charge in [-0.25, -0.2) is 9.67 Å². The average molecular weight is 260 g/mol. The zero-order valence-corrected chi connectivity index (χ0v) is 11.9. The number of hydrogen-bond acceptors (Lipinski definition) is 3. The number of hydrogen-bond donors (Lipinski definition) is 0. The molecule has 2 rings (SSSR count). The van der Waals surface area contributed by atoms with Crippen molar-refractivity contribution in [2.24, 2.45) is 0 Å². The molecule has 0 N–H and O–H groups in total. The van der Waals surface area contributed by atoms with Crippen molar-refractivity contribution in [3.05, 3.63) is 40.2 Å². The van der Waals surface area contributed by atoms with Crippen LogP contribution in [0.1, 0.15) is 45.1 Å². The van der Waals surface area contributed by atoms with Crippen LogP contribution < -0.4 is 5.56 Å². The standard InChI is InChI=1S/C14H20N4O/c1-5-11-9-12(6-2)18(16-11)13-14(19)17(10(3)4)8-7-15-13/h7-10H,5-6H2,1-4H3. The van der Waals surface area contributed by atoms with Crippen LogP contribution in [0.25, 0.3) is 5.82 Å². The fourth-order valence-corrected chi connectivity index (χ4v) is 2.05. The summed E-state index contributed by atoms with van der Waals surface area (Å²) >= 11 is 0. The van der Waals surface area contributed by atoms with Gasteiger partial charge >= 0.3 is 0 Å². The molecule has 0 bridgehead atoms. The maximum Gasteiger partial charge on any atom is 0.295 e. The van der Waals surface area contributed by atoms with Crippen LogP contribution in [0.2, 0.25) is 0 Å². The Balaban J connectivity index is 2.62. The molecule has 0 atom stereocenters. The van der Waals surface area contributed by atoms with Crippen LogP contribution in [-0.4, -0.2) is 19.3 Å². The van der Waals surface area contributed by atoms with Gasteiger partial charge in [-0.2, -0.15) is 5.10 Å². The van der Waals surface area contributed by atoms with Crippen LogP contribution in [-0.2, 0) is 12.8 Å². The Morgan fingerprint density at radius 1 is 1.26 bits per heavy atom. The number of rotatable bonds is 4. The van der Waals surface area contributed by atoms with Crippen molar-refractivity contribution >= 4 is 0 Å². The van der Waals surface area contributed by atoms with Gasteiger partial charge in [-0.15, -0.1) is 0 Å². The Bertz CT molecular complexity index is 625. The summed E-state index contributed by atoms with van der Waals surface area (Å²) in [7, 11) is 0. The predicted octanol–water partition coefficient (Wildman–Crippen LogP) is 2.13. The summed E-state index contributed by atoms with van der Waals surface area (Å²) in [6, 6.07) is 2.15. The van der Waals surface area contributed by atoms with E-state index in [2.05, 4.69) is 23.9 Å². The molecule has 0 aliphatic rings. The van der Waals surface area contributed by atoms with Crippen LogP contribution in [0, 0.1) is 0 Å². The van der Waals surface area contributed by atoms with Crippen LogP contribution in [0.3, 0.4) is 0 Å². The van der Waals surface area contributed by atoms with Gasteiger partial charge in [-0.05, 0) is 32.8 Å². The largest absolute Gasteiger partial charge is 0.308 e. The first-order chi connectivity index (χ1) is 9.08. The van der Waals surface area contributed by atoms with Gasteiger partial charge in [0.25, 0.3) is 5.56 Å². The molecule has 0 saturated carbocycles. The molecule has 0 aliphatic carbocycles. The number of nitrogens with zero attached hydrogens (tertiary/aromatic N) is 4. The van der Waals surface area contributed by atoms with Crippen LogP contribution in [0.4, 0.5) is 0 Å². The molecule has 0 unspecified atom stereocenters. The highest BCUT2D eigenvalue weighted by molar-refractivity contribution is 5.24. The van der Waals surface area contributed by atoms with Gasteiger partial charge in [0.1, 0.15) is 0 Å². The molecule has 0 spiro atoms. The number of aryl methyl sites for hydroxylation is 2. The molecular formula is C14H20N4O. The summed E-state index contributed by atoms with van der Waals surface area (Å²) in [4.78, 5) is 16.6. The maximum absolute atomic E-state index is 12.4. The Morgan fingerprint density at radius 3 is 2.58 bits per heavy atom. The van der Waals surface area contributed by atoms with Gasteiger partial charge in [0, 0.05) is 24.1 Å². The smallest absolute Gasteiger partial charge is 0.295 e. The molecule has 0 aliphatic heterocycles. The van der Waals surface area contributed by atoms with E-state index in [0.29, 0.717) is 5.82 Å². The Hall–Kier alpha value is -1.91. The molecule has 0 aromatic carbocycles.